The Kier molecular flexibility index (Phi) is 3.53. The van der Waals surface area contributed by atoms with Crippen LogP contribution < -0.4 is 11.1 Å². The zero-order valence-corrected chi connectivity index (χ0v) is 10.1. The van der Waals surface area contributed by atoms with E-state index in [2.05, 4.69) is 11.9 Å². The largest absolute Gasteiger partial charge is 0.508 e. The van der Waals surface area contributed by atoms with Gasteiger partial charge in [-0.25, -0.2) is 0 Å². The Morgan fingerprint density at radius 1 is 1.17 bits per heavy atom. The number of nitrogens with one attached hydrogen (secondary N) is 1. The average molecular weight is 240 g/mol. The predicted octanol–water partition coefficient (Wildman–Crippen LogP) is 2.93. The van der Waals surface area contributed by atoms with Gasteiger partial charge < -0.3 is 16.2 Å². The van der Waals surface area contributed by atoms with E-state index in [0.717, 1.165) is 16.8 Å². The number of hydrogen-bond acceptors (Lipinski definition) is 3. The van der Waals surface area contributed by atoms with Crippen molar-refractivity contribution < 1.29 is 5.11 Å². The molecule has 0 fully saturated rings. The van der Waals surface area contributed by atoms with Crippen LogP contribution in [0.4, 0.5) is 5.69 Å². The van der Waals surface area contributed by atoms with Crippen LogP contribution in [0.3, 0.4) is 0 Å². The smallest absolute Gasteiger partial charge is 0.115 e. The number of rotatable bonds is 4. The Hall–Kier alpha value is -2.42. The first-order chi connectivity index (χ1) is 8.65. The number of phenols is 1. The molecule has 0 bridgehead atoms. The van der Waals surface area contributed by atoms with Crippen molar-refractivity contribution in [1.82, 2.24) is 0 Å². The van der Waals surface area contributed by atoms with Crippen LogP contribution in [-0.4, -0.2) is 5.11 Å². The van der Waals surface area contributed by atoms with Crippen molar-refractivity contribution >= 4 is 11.4 Å². The molecule has 0 radical (unpaired) electrons. The number of phenolic OH excluding ortho intramolecular Hbond substituents is 1. The van der Waals surface area contributed by atoms with Crippen LogP contribution in [-0.2, 0) is 6.54 Å². The fraction of sp³-hybridized carbons (Fsp3) is 0.0667. The molecule has 0 saturated carbocycles. The number of anilines is 1. The molecule has 3 nitrogen and oxygen atoms in total. The summed E-state index contributed by atoms with van der Waals surface area (Å²) < 4.78 is 0. The Bertz CT molecular complexity index is 564. The second-order valence-electron chi connectivity index (χ2n) is 4.13. The lowest BCUT2D eigenvalue weighted by Gasteiger charge is -2.08. The van der Waals surface area contributed by atoms with Gasteiger partial charge in [-0.05, 0) is 35.4 Å². The SMILES string of the molecule is C=C(N)c1cccc(NCc2cccc(O)c2)c1. The summed E-state index contributed by atoms with van der Waals surface area (Å²) in [5, 5.41) is 12.6. The molecule has 0 aliphatic rings. The molecule has 0 atom stereocenters. The summed E-state index contributed by atoms with van der Waals surface area (Å²) in [5.41, 5.74) is 9.11. The minimum atomic E-state index is 0.276. The van der Waals surface area contributed by atoms with Crippen LogP contribution in [0.15, 0.2) is 55.1 Å². The molecule has 4 N–H and O–H groups in total. The van der Waals surface area contributed by atoms with E-state index in [9.17, 15) is 5.11 Å². The molecule has 0 aliphatic heterocycles. The fourth-order valence-electron chi connectivity index (χ4n) is 1.70. The van der Waals surface area contributed by atoms with Gasteiger partial charge in [0.1, 0.15) is 5.75 Å². The molecule has 18 heavy (non-hydrogen) atoms. The van der Waals surface area contributed by atoms with Crippen molar-refractivity contribution in [3.63, 3.8) is 0 Å². The molecule has 0 aliphatic carbocycles. The van der Waals surface area contributed by atoms with Crippen molar-refractivity contribution in [1.29, 1.82) is 0 Å². The minimum Gasteiger partial charge on any atom is -0.508 e. The normalized spacial score (nSPS) is 10.0. The molecule has 3 heteroatoms. The fourth-order valence-corrected chi connectivity index (χ4v) is 1.70. The molecular formula is C15H16N2O. The predicted molar refractivity (Wildman–Crippen MR) is 75.1 cm³/mol. The van der Waals surface area contributed by atoms with Crippen LogP contribution in [0.2, 0.25) is 0 Å². The zero-order chi connectivity index (χ0) is 13.0. The molecule has 92 valence electrons. The van der Waals surface area contributed by atoms with Gasteiger partial charge in [-0.3, -0.25) is 0 Å². The topological polar surface area (TPSA) is 58.3 Å². The molecule has 0 aromatic heterocycles. The number of hydrogen-bond donors (Lipinski definition) is 3. The van der Waals surface area contributed by atoms with Gasteiger partial charge in [0.05, 0.1) is 0 Å². The Morgan fingerprint density at radius 2 is 1.94 bits per heavy atom. The van der Waals surface area contributed by atoms with E-state index in [1.807, 2.05) is 36.4 Å². The standard InChI is InChI=1S/C15H16N2O/c1-11(16)13-5-3-6-14(9-13)17-10-12-4-2-7-15(18)8-12/h2-9,17-18H,1,10,16H2. The maximum atomic E-state index is 9.37. The quantitative estimate of drug-likeness (QED) is 0.770. The maximum absolute atomic E-state index is 9.37. The van der Waals surface area contributed by atoms with E-state index in [-0.39, 0.29) is 5.75 Å². The minimum absolute atomic E-state index is 0.276. The van der Waals surface area contributed by atoms with Crippen molar-refractivity contribution in [3.05, 3.63) is 66.2 Å². The van der Waals surface area contributed by atoms with Crippen LogP contribution in [0, 0.1) is 0 Å². The van der Waals surface area contributed by atoms with Gasteiger partial charge in [-0.15, -0.1) is 0 Å². The van der Waals surface area contributed by atoms with Crippen molar-refractivity contribution in [3.8, 4) is 5.75 Å². The lowest BCUT2D eigenvalue weighted by atomic mass is 10.1. The summed E-state index contributed by atoms with van der Waals surface area (Å²) >= 11 is 0. The zero-order valence-electron chi connectivity index (χ0n) is 10.1. The van der Waals surface area contributed by atoms with Crippen molar-refractivity contribution in [2.45, 2.75) is 6.54 Å². The van der Waals surface area contributed by atoms with E-state index >= 15 is 0 Å². The Morgan fingerprint density at radius 3 is 2.67 bits per heavy atom. The van der Waals surface area contributed by atoms with Crippen LogP contribution >= 0.6 is 0 Å². The third-order valence-electron chi connectivity index (χ3n) is 2.64. The lowest BCUT2D eigenvalue weighted by Crippen LogP contribution is -2.00. The number of aromatic hydroxyl groups is 1. The molecule has 0 heterocycles. The molecule has 2 rings (SSSR count). The van der Waals surface area contributed by atoms with Gasteiger partial charge in [0.25, 0.3) is 0 Å². The van der Waals surface area contributed by atoms with Crippen molar-refractivity contribution in [2.24, 2.45) is 5.73 Å². The molecule has 0 unspecified atom stereocenters. The van der Waals surface area contributed by atoms with Gasteiger partial charge in [-0.1, -0.05) is 30.8 Å². The van der Waals surface area contributed by atoms with Gasteiger partial charge >= 0.3 is 0 Å². The van der Waals surface area contributed by atoms with Gasteiger partial charge in [0.2, 0.25) is 0 Å². The van der Waals surface area contributed by atoms with E-state index in [0.29, 0.717) is 12.2 Å². The summed E-state index contributed by atoms with van der Waals surface area (Å²) in [6.07, 6.45) is 0. The first kappa shape index (κ1) is 12.0. The van der Waals surface area contributed by atoms with Crippen LogP contribution in [0.25, 0.3) is 5.70 Å². The monoisotopic (exact) mass is 240 g/mol. The highest BCUT2D eigenvalue weighted by Gasteiger charge is 1.98. The van der Waals surface area contributed by atoms with Gasteiger partial charge in [0, 0.05) is 17.9 Å². The molecule has 2 aromatic carbocycles. The summed E-state index contributed by atoms with van der Waals surface area (Å²) in [5.74, 6) is 0.276. The van der Waals surface area contributed by atoms with E-state index in [4.69, 9.17) is 5.73 Å². The number of nitrogens with two attached hydrogens (primary N) is 1. The molecule has 2 aromatic rings. The highest BCUT2D eigenvalue weighted by atomic mass is 16.3. The van der Waals surface area contributed by atoms with Gasteiger partial charge in [0.15, 0.2) is 0 Å². The molecule has 0 amide bonds. The molecular weight excluding hydrogens is 224 g/mol. The third kappa shape index (κ3) is 3.04. The summed E-state index contributed by atoms with van der Waals surface area (Å²) in [4.78, 5) is 0. The van der Waals surface area contributed by atoms with Crippen LogP contribution in [0.5, 0.6) is 5.75 Å². The Labute approximate surface area is 107 Å². The molecule has 0 saturated heterocycles. The second-order valence-corrected chi connectivity index (χ2v) is 4.13. The van der Waals surface area contributed by atoms with Crippen LogP contribution in [0.1, 0.15) is 11.1 Å². The highest BCUT2D eigenvalue weighted by Crippen LogP contribution is 2.16. The number of benzene rings is 2. The van der Waals surface area contributed by atoms with Gasteiger partial charge in [-0.2, -0.15) is 0 Å². The van der Waals surface area contributed by atoms with E-state index in [1.165, 1.54) is 0 Å². The second kappa shape index (κ2) is 5.27. The Balaban J connectivity index is 2.06. The third-order valence-corrected chi connectivity index (χ3v) is 2.64. The maximum Gasteiger partial charge on any atom is 0.115 e. The van der Waals surface area contributed by atoms with E-state index < -0.39 is 0 Å². The summed E-state index contributed by atoms with van der Waals surface area (Å²) in [7, 11) is 0. The summed E-state index contributed by atoms with van der Waals surface area (Å²) in [6, 6.07) is 14.9. The van der Waals surface area contributed by atoms with E-state index in [1.54, 1.807) is 12.1 Å². The molecule has 0 spiro atoms. The first-order valence-electron chi connectivity index (χ1n) is 5.72. The highest BCUT2D eigenvalue weighted by molar-refractivity contribution is 5.64. The van der Waals surface area contributed by atoms with Crippen molar-refractivity contribution in [2.75, 3.05) is 5.32 Å². The average Bonchev–Trinajstić information content (AvgIpc) is 2.37. The lowest BCUT2D eigenvalue weighted by molar-refractivity contribution is 0.474. The summed E-state index contributed by atoms with van der Waals surface area (Å²) in [6.45, 7) is 4.36. The first-order valence-corrected chi connectivity index (χ1v) is 5.72.